The molecule has 3 heteroatoms. The Morgan fingerprint density at radius 3 is 0.677 bits per heavy atom. The van der Waals surface area contributed by atoms with Gasteiger partial charge in [-0.3, -0.25) is 0 Å². The Balaban J connectivity index is 0.770. The lowest BCUT2D eigenvalue weighted by Gasteiger charge is -2.17. The van der Waals surface area contributed by atoms with Gasteiger partial charge in [-0.25, -0.2) is 0 Å². The van der Waals surface area contributed by atoms with Gasteiger partial charge in [-0.2, -0.15) is 0 Å². The zero-order valence-electron chi connectivity index (χ0n) is 59.1. The first-order chi connectivity index (χ1) is 48.8. The molecule has 0 bridgehead atoms. The Kier molecular flexibility index (Phi) is 19.2. The molecule has 0 amide bonds. The molecule has 3 atom stereocenters. The molecule has 0 N–H and O–H groups in total. The number of hydrogen-bond acceptors (Lipinski definition) is 0. The summed E-state index contributed by atoms with van der Waals surface area (Å²) in [7, 11) is 0. The molecule has 0 saturated heterocycles. The van der Waals surface area contributed by atoms with Crippen molar-refractivity contribution in [1.82, 2.24) is 13.7 Å². The van der Waals surface area contributed by atoms with Gasteiger partial charge in [-0.05, 0) is 185 Å². The Bertz CT molecular complexity index is 5140. The highest BCUT2D eigenvalue weighted by Crippen LogP contribution is 2.41. The van der Waals surface area contributed by atoms with E-state index in [1.54, 1.807) is 0 Å². The van der Waals surface area contributed by atoms with E-state index in [9.17, 15) is 0 Å². The molecular weight excluding hydrogens is 1200 g/mol. The first-order valence-corrected chi connectivity index (χ1v) is 37.5. The van der Waals surface area contributed by atoms with Crippen molar-refractivity contribution in [3.05, 3.63) is 263 Å². The van der Waals surface area contributed by atoms with E-state index in [-0.39, 0.29) is 0 Å². The molecule has 0 radical (unpaired) electrons. The van der Waals surface area contributed by atoms with Crippen molar-refractivity contribution in [2.45, 2.75) is 138 Å². The Morgan fingerprint density at radius 2 is 0.444 bits per heavy atom. The van der Waals surface area contributed by atoms with Crippen molar-refractivity contribution in [2.75, 3.05) is 0 Å². The zero-order chi connectivity index (χ0) is 67.3. The summed E-state index contributed by atoms with van der Waals surface area (Å²) in [5, 5.41) is 18.0. The highest BCUT2D eigenvalue weighted by Gasteiger charge is 2.21. The van der Waals surface area contributed by atoms with Gasteiger partial charge in [0.2, 0.25) is 0 Å². The number of aromatic nitrogens is 3. The molecule has 0 spiro atoms. The summed E-state index contributed by atoms with van der Waals surface area (Å²) in [6.45, 7) is 17.2. The minimum Gasteiger partial charge on any atom is -0.340 e. The van der Waals surface area contributed by atoms with Gasteiger partial charge in [-0.15, -0.1) is 0 Å². The minimum absolute atomic E-state index is 0.604. The van der Waals surface area contributed by atoms with Crippen LogP contribution in [0.1, 0.15) is 163 Å². The Hall–Kier alpha value is -9.96. The first-order valence-electron chi connectivity index (χ1n) is 37.5. The van der Waals surface area contributed by atoms with Crippen LogP contribution in [0.3, 0.4) is 0 Å². The van der Waals surface area contributed by atoms with Crippen LogP contribution in [0.25, 0.3) is 157 Å². The molecule has 99 heavy (non-hydrogen) atoms. The normalized spacial score (nSPS) is 13.5. The highest BCUT2D eigenvalue weighted by molar-refractivity contribution is 6.18. The average molecular weight is 1290 g/mol. The van der Waals surface area contributed by atoms with Gasteiger partial charge in [0.05, 0.1) is 0 Å². The number of nitrogens with zero attached hydrogens (tertiary/aromatic N) is 3. The van der Waals surface area contributed by atoms with Crippen molar-refractivity contribution in [2.24, 2.45) is 17.8 Å². The summed E-state index contributed by atoms with van der Waals surface area (Å²) in [4.78, 5) is 0. The number of para-hydroxylation sites is 2. The molecule has 15 rings (SSSR count). The second-order valence-corrected chi connectivity index (χ2v) is 28.4. The quantitative estimate of drug-likeness (QED) is 0.0379. The molecule has 15 aromatic rings. The summed E-state index contributed by atoms with van der Waals surface area (Å²) in [5.74, 6) is 1.95. The van der Waals surface area contributed by atoms with Crippen LogP contribution in [0.2, 0.25) is 0 Å². The van der Waals surface area contributed by atoms with Gasteiger partial charge in [-0.1, -0.05) is 306 Å². The summed E-state index contributed by atoms with van der Waals surface area (Å²) in [5.41, 5.74) is 17.7. The third-order valence-electron chi connectivity index (χ3n) is 22.3. The fraction of sp³-hybridized carbons (Fsp3) is 0.250. The van der Waals surface area contributed by atoms with Crippen LogP contribution < -0.4 is 0 Å². The van der Waals surface area contributed by atoms with Gasteiger partial charge < -0.3 is 13.7 Å². The molecular formula is C96H95N3. The molecule has 0 saturated carbocycles. The van der Waals surface area contributed by atoms with E-state index >= 15 is 0 Å². The van der Waals surface area contributed by atoms with Crippen molar-refractivity contribution in [3.63, 3.8) is 0 Å². The minimum atomic E-state index is 0.604. The third-order valence-corrected chi connectivity index (χ3v) is 22.3. The molecule has 0 aliphatic heterocycles. The van der Waals surface area contributed by atoms with Crippen molar-refractivity contribution in [3.8, 4) is 0 Å². The lowest BCUT2D eigenvalue weighted by atomic mass is 9.90. The van der Waals surface area contributed by atoms with E-state index in [4.69, 9.17) is 0 Å². The molecule has 12 aromatic carbocycles. The van der Waals surface area contributed by atoms with E-state index < -0.39 is 0 Å². The third kappa shape index (κ3) is 12.8. The number of fused-ring (bicyclic) bond motifs is 13. The highest BCUT2D eigenvalue weighted by atomic mass is 15.0. The predicted molar refractivity (Wildman–Crippen MR) is 437 cm³/mol. The second-order valence-electron chi connectivity index (χ2n) is 28.4. The largest absolute Gasteiger partial charge is 0.340 e. The molecule has 3 aromatic heterocycles. The molecule has 0 aliphatic carbocycles. The topological polar surface area (TPSA) is 14.8 Å². The van der Waals surface area contributed by atoms with Crippen LogP contribution in [0, 0.1) is 17.8 Å². The fourth-order valence-corrected chi connectivity index (χ4v) is 16.6. The molecule has 494 valence electrons. The van der Waals surface area contributed by atoms with Crippen molar-refractivity contribution >= 4 is 157 Å². The number of rotatable bonds is 26. The maximum atomic E-state index is 2.64. The van der Waals surface area contributed by atoms with E-state index in [0.717, 1.165) is 26.1 Å². The lowest BCUT2D eigenvalue weighted by Crippen LogP contribution is -2.10. The van der Waals surface area contributed by atoms with Gasteiger partial charge in [0.25, 0.3) is 0 Å². The zero-order valence-corrected chi connectivity index (χ0v) is 59.1. The lowest BCUT2D eigenvalue weighted by molar-refractivity contribution is 0.401. The Labute approximate surface area is 586 Å². The average Bonchev–Trinajstić information content (AvgIpc) is 1.26. The van der Waals surface area contributed by atoms with Crippen LogP contribution in [-0.2, 0) is 19.6 Å². The van der Waals surface area contributed by atoms with Crippen molar-refractivity contribution in [1.29, 1.82) is 0 Å². The maximum absolute atomic E-state index is 2.64. The summed E-state index contributed by atoms with van der Waals surface area (Å²) in [6.07, 6.45) is 33.8. The van der Waals surface area contributed by atoms with Gasteiger partial charge in [0.15, 0.2) is 0 Å². The smallest absolute Gasteiger partial charge is 0.0491 e. The van der Waals surface area contributed by atoms with E-state index in [0.29, 0.717) is 17.8 Å². The van der Waals surface area contributed by atoms with Crippen LogP contribution in [0.15, 0.2) is 218 Å². The molecule has 0 aliphatic rings. The van der Waals surface area contributed by atoms with Gasteiger partial charge in [0, 0.05) is 85.1 Å². The second kappa shape index (κ2) is 29.2. The standard InChI is InChI=1S/C96H95N3/c1-7-13-28-66(10-4)63-97-91-41-26-24-39-85(91)87-59-69(47-55-93(87)97)43-51-81-73-31-16-20-35-77(73)83(78-36-21-17-32-74(78)81)53-45-71-49-57-95-89(61-71)90-62-72(50-58-96(90)99(95)65-68(12-6)30-15-9-3)46-54-84-79-37-22-18-33-75(79)82(76-34-19-23-38-80(76)84)52-44-70-48-56-94-88(60-70)86-40-25-27-42-92(86)98(94)64-67(11-5)29-14-8-2/h16-27,31-62,66-68H,7-15,28-30,63-65H2,1-6H3/b51-43+,52-44+,53-45+,54-46+. The Morgan fingerprint density at radius 1 is 0.232 bits per heavy atom. The predicted octanol–water partition coefficient (Wildman–Crippen LogP) is 28.0. The summed E-state index contributed by atoms with van der Waals surface area (Å²) >= 11 is 0. The van der Waals surface area contributed by atoms with E-state index in [1.165, 1.54) is 224 Å². The van der Waals surface area contributed by atoms with E-state index in [2.05, 4.69) is 322 Å². The van der Waals surface area contributed by atoms with Crippen LogP contribution >= 0.6 is 0 Å². The first kappa shape index (κ1) is 65.0. The maximum Gasteiger partial charge on any atom is 0.0491 e. The SMILES string of the molecule is CCCCC(CC)Cn1c2ccccc2c2cc(/C=C/c3c4ccccc4c(/C=C/c4ccc5c(c4)c4cc(/C=C/c6c7ccccc7c(/C=C/c7ccc8c(c7)c7ccccc7n8CC(CC)CCCC)c7ccccc67)ccc4n5CC(CC)CCCC)c4ccccc34)ccc21. The van der Waals surface area contributed by atoms with Crippen LogP contribution in [0.5, 0.6) is 0 Å². The monoisotopic (exact) mass is 1290 g/mol. The number of hydrogen-bond donors (Lipinski definition) is 0. The van der Waals surface area contributed by atoms with Gasteiger partial charge >= 0.3 is 0 Å². The molecule has 3 heterocycles. The summed E-state index contributed by atoms with van der Waals surface area (Å²) < 4.78 is 7.83. The number of benzene rings is 12. The molecule has 0 fully saturated rings. The van der Waals surface area contributed by atoms with Crippen LogP contribution in [0.4, 0.5) is 0 Å². The molecule has 3 nitrogen and oxygen atoms in total. The fourth-order valence-electron chi connectivity index (χ4n) is 16.6. The van der Waals surface area contributed by atoms with Gasteiger partial charge in [0.1, 0.15) is 0 Å². The van der Waals surface area contributed by atoms with Crippen molar-refractivity contribution < 1.29 is 0 Å². The summed E-state index contributed by atoms with van der Waals surface area (Å²) in [6, 6.07) is 82.7. The van der Waals surface area contributed by atoms with E-state index in [1.807, 2.05) is 0 Å². The molecule has 3 unspecified atom stereocenters. The van der Waals surface area contributed by atoms with Crippen LogP contribution in [-0.4, -0.2) is 13.7 Å². The number of unbranched alkanes of at least 4 members (excludes halogenated alkanes) is 3.